The van der Waals surface area contributed by atoms with Crippen LogP contribution in [0, 0.1) is 10.1 Å². The highest BCUT2D eigenvalue weighted by Crippen LogP contribution is 2.36. The third-order valence-electron chi connectivity index (χ3n) is 3.36. The standard InChI is InChI=1S/C16H12BrNO6/c17-11-3-1-10(2-4-11)9-24-16(19)12-7-14-15(23-6-5-22-14)8-13(12)18(20)21/h1-4,7-8H,5-6,9H2. The number of rotatable bonds is 4. The van der Waals surface area contributed by atoms with Crippen molar-refractivity contribution in [1.82, 2.24) is 0 Å². The van der Waals surface area contributed by atoms with E-state index >= 15 is 0 Å². The molecule has 0 N–H and O–H groups in total. The summed E-state index contributed by atoms with van der Waals surface area (Å²) >= 11 is 3.31. The number of fused-ring (bicyclic) bond motifs is 1. The molecule has 0 aromatic heterocycles. The molecular weight excluding hydrogens is 382 g/mol. The molecule has 124 valence electrons. The molecule has 0 fully saturated rings. The van der Waals surface area contributed by atoms with Gasteiger partial charge in [0.2, 0.25) is 0 Å². The zero-order valence-corrected chi connectivity index (χ0v) is 13.9. The number of nitro groups is 1. The monoisotopic (exact) mass is 393 g/mol. The highest BCUT2D eigenvalue weighted by molar-refractivity contribution is 9.10. The molecule has 1 aliphatic heterocycles. The summed E-state index contributed by atoms with van der Waals surface area (Å²) in [5.41, 5.74) is 0.230. The SMILES string of the molecule is O=C(OCc1ccc(Br)cc1)c1cc2c(cc1[N+](=O)[O-])OCCO2. The Hall–Kier alpha value is -2.61. The second-order valence-electron chi connectivity index (χ2n) is 4.97. The molecule has 0 amide bonds. The van der Waals surface area contributed by atoms with Crippen LogP contribution in [0.4, 0.5) is 5.69 Å². The molecule has 1 aliphatic rings. The van der Waals surface area contributed by atoms with Crippen molar-refractivity contribution in [3.63, 3.8) is 0 Å². The number of nitrogens with zero attached hydrogens (tertiary/aromatic N) is 1. The summed E-state index contributed by atoms with van der Waals surface area (Å²) < 4.78 is 16.8. The summed E-state index contributed by atoms with van der Waals surface area (Å²) in [6.45, 7) is 0.632. The van der Waals surface area contributed by atoms with Crippen LogP contribution in [0.2, 0.25) is 0 Å². The van der Waals surface area contributed by atoms with Crippen molar-refractivity contribution in [1.29, 1.82) is 0 Å². The van der Waals surface area contributed by atoms with E-state index in [9.17, 15) is 14.9 Å². The van der Waals surface area contributed by atoms with Gasteiger partial charge in [-0.2, -0.15) is 0 Å². The third kappa shape index (κ3) is 3.48. The molecule has 0 bridgehead atoms. The third-order valence-corrected chi connectivity index (χ3v) is 3.89. The van der Waals surface area contributed by atoms with Crippen molar-refractivity contribution in [2.75, 3.05) is 13.2 Å². The number of benzene rings is 2. The lowest BCUT2D eigenvalue weighted by Crippen LogP contribution is -2.17. The fraction of sp³-hybridized carbons (Fsp3) is 0.188. The molecular formula is C16H12BrNO6. The molecule has 2 aromatic carbocycles. The van der Waals surface area contributed by atoms with E-state index in [1.54, 1.807) is 12.1 Å². The van der Waals surface area contributed by atoms with Gasteiger partial charge in [-0.3, -0.25) is 10.1 Å². The molecule has 8 heteroatoms. The number of ether oxygens (including phenoxy) is 3. The van der Waals surface area contributed by atoms with E-state index < -0.39 is 10.9 Å². The van der Waals surface area contributed by atoms with Gasteiger partial charge >= 0.3 is 5.97 Å². The first-order valence-electron chi connectivity index (χ1n) is 7.04. The summed E-state index contributed by atoms with van der Waals surface area (Å²) in [6, 6.07) is 9.68. The van der Waals surface area contributed by atoms with Gasteiger partial charge in [0.1, 0.15) is 25.4 Å². The Morgan fingerprint density at radius 1 is 1.17 bits per heavy atom. The van der Waals surface area contributed by atoms with Crippen LogP contribution in [0.25, 0.3) is 0 Å². The lowest BCUT2D eigenvalue weighted by atomic mass is 10.1. The summed E-state index contributed by atoms with van der Waals surface area (Å²) in [5, 5.41) is 11.2. The minimum atomic E-state index is -0.790. The summed E-state index contributed by atoms with van der Waals surface area (Å²) in [6.07, 6.45) is 0. The van der Waals surface area contributed by atoms with Gasteiger partial charge < -0.3 is 14.2 Å². The average Bonchev–Trinajstić information content (AvgIpc) is 2.59. The van der Waals surface area contributed by atoms with Crippen molar-refractivity contribution in [3.05, 3.63) is 62.1 Å². The topological polar surface area (TPSA) is 87.9 Å². The normalized spacial score (nSPS) is 12.5. The van der Waals surface area contributed by atoms with Gasteiger partial charge in [-0.15, -0.1) is 0 Å². The Labute approximate surface area is 145 Å². The second kappa shape index (κ2) is 6.88. The predicted molar refractivity (Wildman–Crippen MR) is 87.3 cm³/mol. The van der Waals surface area contributed by atoms with E-state index in [1.807, 2.05) is 12.1 Å². The molecule has 0 saturated heterocycles. The van der Waals surface area contributed by atoms with Gasteiger partial charge in [-0.25, -0.2) is 4.79 Å². The van der Waals surface area contributed by atoms with Crippen LogP contribution < -0.4 is 9.47 Å². The molecule has 0 saturated carbocycles. The number of hydrogen-bond donors (Lipinski definition) is 0. The smallest absolute Gasteiger partial charge is 0.345 e. The fourth-order valence-corrected chi connectivity index (χ4v) is 2.46. The first kappa shape index (κ1) is 16.3. The molecule has 0 aliphatic carbocycles. The van der Waals surface area contributed by atoms with Crippen LogP contribution in [0.1, 0.15) is 15.9 Å². The van der Waals surface area contributed by atoms with Gasteiger partial charge in [-0.1, -0.05) is 28.1 Å². The Morgan fingerprint density at radius 2 is 1.79 bits per heavy atom. The Balaban J connectivity index is 1.82. The fourth-order valence-electron chi connectivity index (χ4n) is 2.20. The maximum absolute atomic E-state index is 12.3. The molecule has 24 heavy (non-hydrogen) atoms. The van der Waals surface area contributed by atoms with Crippen molar-refractivity contribution in [2.45, 2.75) is 6.61 Å². The quantitative estimate of drug-likeness (QED) is 0.448. The van der Waals surface area contributed by atoms with Gasteiger partial charge in [0.25, 0.3) is 5.69 Å². The second-order valence-corrected chi connectivity index (χ2v) is 5.89. The van der Waals surface area contributed by atoms with Crippen LogP contribution in [-0.2, 0) is 11.3 Å². The summed E-state index contributed by atoms with van der Waals surface area (Å²) in [5.74, 6) is -0.249. The molecule has 7 nitrogen and oxygen atoms in total. The summed E-state index contributed by atoms with van der Waals surface area (Å²) in [7, 11) is 0. The first-order chi connectivity index (χ1) is 11.5. The minimum Gasteiger partial charge on any atom is -0.486 e. The number of nitro benzene ring substituents is 1. The minimum absolute atomic E-state index is 0.0116. The van der Waals surface area contributed by atoms with E-state index in [4.69, 9.17) is 14.2 Å². The molecule has 0 spiro atoms. The largest absolute Gasteiger partial charge is 0.486 e. The van der Waals surface area contributed by atoms with Gasteiger partial charge in [0.15, 0.2) is 11.5 Å². The van der Waals surface area contributed by atoms with E-state index in [0.717, 1.165) is 10.0 Å². The van der Waals surface area contributed by atoms with E-state index in [0.29, 0.717) is 19.0 Å². The maximum Gasteiger partial charge on any atom is 0.345 e. The van der Waals surface area contributed by atoms with E-state index in [2.05, 4.69) is 15.9 Å². The number of halogens is 1. The predicted octanol–water partition coefficient (Wildman–Crippen LogP) is 3.49. The number of hydrogen-bond acceptors (Lipinski definition) is 6. The van der Waals surface area contributed by atoms with Crippen LogP contribution in [0.5, 0.6) is 11.5 Å². The molecule has 2 aromatic rings. The zero-order chi connectivity index (χ0) is 17.1. The lowest BCUT2D eigenvalue weighted by Gasteiger charge is -2.18. The van der Waals surface area contributed by atoms with Gasteiger partial charge in [0.05, 0.1) is 11.0 Å². The van der Waals surface area contributed by atoms with Crippen molar-refractivity contribution in [2.24, 2.45) is 0 Å². The van der Waals surface area contributed by atoms with Crippen molar-refractivity contribution in [3.8, 4) is 11.5 Å². The van der Waals surface area contributed by atoms with Crippen molar-refractivity contribution >= 4 is 27.6 Å². The highest BCUT2D eigenvalue weighted by atomic mass is 79.9. The van der Waals surface area contributed by atoms with Crippen LogP contribution in [0.3, 0.4) is 0 Å². The Bertz CT molecular complexity index is 790. The van der Waals surface area contributed by atoms with Crippen LogP contribution in [-0.4, -0.2) is 24.1 Å². The lowest BCUT2D eigenvalue weighted by molar-refractivity contribution is -0.385. The van der Waals surface area contributed by atoms with Crippen molar-refractivity contribution < 1.29 is 23.9 Å². The number of carbonyl (C=O) groups is 1. The zero-order valence-electron chi connectivity index (χ0n) is 12.4. The first-order valence-corrected chi connectivity index (χ1v) is 7.83. The molecule has 1 heterocycles. The average molecular weight is 394 g/mol. The van der Waals surface area contributed by atoms with Crippen LogP contribution in [0.15, 0.2) is 40.9 Å². The van der Waals surface area contributed by atoms with Crippen LogP contribution >= 0.6 is 15.9 Å². The summed E-state index contributed by atoms with van der Waals surface area (Å²) in [4.78, 5) is 22.8. The maximum atomic E-state index is 12.3. The molecule has 0 unspecified atom stereocenters. The number of esters is 1. The van der Waals surface area contributed by atoms with Gasteiger partial charge in [0, 0.05) is 10.5 Å². The highest BCUT2D eigenvalue weighted by Gasteiger charge is 2.27. The molecule has 0 atom stereocenters. The Morgan fingerprint density at radius 3 is 2.42 bits per heavy atom. The molecule has 0 radical (unpaired) electrons. The van der Waals surface area contributed by atoms with E-state index in [1.165, 1.54) is 12.1 Å². The Kier molecular flexibility index (Phi) is 4.66. The van der Waals surface area contributed by atoms with Gasteiger partial charge in [-0.05, 0) is 17.7 Å². The number of carbonyl (C=O) groups excluding carboxylic acids is 1. The van der Waals surface area contributed by atoms with E-state index in [-0.39, 0.29) is 23.6 Å². The molecule has 3 rings (SSSR count).